The highest BCUT2D eigenvalue weighted by Crippen LogP contribution is 2.26. The SMILES string of the molecule is CC(=O)Nc1cc(S(=O)(=O)Oc2ccc(-c3ccc(C)cc3)cc2)ccc1C. The van der Waals surface area contributed by atoms with Crippen LogP contribution in [0.15, 0.2) is 71.6 Å². The van der Waals surface area contributed by atoms with Crippen molar-refractivity contribution in [3.63, 3.8) is 0 Å². The number of hydrogen-bond donors (Lipinski definition) is 1. The average Bonchev–Trinajstić information content (AvgIpc) is 2.64. The van der Waals surface area contributed by atoms with E-state index in [0.717, 1.165) is 16.7 Å². The Labute approximate surface area is 165 Å². The largest absolute Gasteiger partial charge is 0.379 e. The Bertz CT molecular complexity index is 1100. The lowest BCUT2D eigenvalue weighted by atomic mass is 10.0. The van der Waals surface area contributed by atoms with Crippen molar-refractivity contribution in [1.82, 2.24) is 0 Å². The van der Waals surface area contributed by atoms with Crippen LogP contribution in [0.2, 0.25) is 0 Å². The van der Waals surface area contributed by atoms with Crippen molar-refractivity contribution < 1.29 is 17.4 Å². The van der Waals surface area contributed by atoms with Crippen LogP contribution >= 0.6 is 0 Å². The van der Waals surface area contributed by atoms with Crippen LogP contribution in [0, 0.1) is 13.8 Å². The molecule has 144 valence electrons. The standard InChI is InChI=1S/C22H21NO4S/c1-15-4-7-18(8-5-15)19-9-11-20(12-10-19)27-28(25,26)21-13-6-16(2)22(14-21)23-17(3)24/h4-14H,1-3H3,(H,23,24). The second-order valence-corrected chi connectivity index (χ2v) is 8.13. The molecule has 0 radical (unpaired) electrons. The van der Waals surface area contributed by atoms with Gasteiger partial charge in [0, 0.05) is 12.6 Å². The molecular formula is C22H21NO4S. The maximum absolute atomic E-state index is 12.6. The quantitative estimate of drug-likeness (QED) is 0.636. The molecule has 0 heterocycles. The lowest BCUT2D eigenvalue weighted by Gasteiger charge is -2.11. The number of nitrogens with one attached hydrogen (secondary N) is 1. The van der Waals surface area contributed by atoms with Gasteiger partial charge in [0.05, 0.1) is 0 Å². The fourth-order valence-corrected chi connectivity index (χ4v) is 3.66. The van der Waals surface area contributed by atoms with Crippen LogP contribution in [-0.4, -0.2) is 14.3 Å². The van der Waals surface area contributed by atoms with E-state index in [-0.39, 0.29) is 16.6 Å². The summed E-state index contributed by atoms with van der Waals surface area (Å²) in [6.45, 7) is 5.17. The minimum Gasteiger partial charge on any atom is -0.379 e. The van der Waals surface area contributed by atoms with Gasteiger partial charge >= 0.3 is 10.1 Å². The number of amides is 1. The molecule has 3 aromatic rings. The molecule has 3 aromatic carbocycles. The third kappa shape index (κ3) is 4.58. The van der Waals surface area contributed by atoms with Gasteiger partial charge < -0.3 is 9.50 Å². The number of carbonyl (C=O) groups excluding carboxylic acids is 1. The van der Waals surface area contributed by atoms with Crippen LogP contribution in [0.4, 0.5) is 5.69 Å². The minimum absolute atomic E-state index is 0.0236. The maximum atomic E-state index is 12.6. The summed E-state index contributed by atoms with van der Waals surface area (Å²) >= 11 is 0. The van der Waals surface area contributed by atoms with Gasteiger partial charge in [0.25, 0.3) is 0 Å². The molecule has 0 unspecified atom stereocenters. The summed E-state index contributed by atoms with van der Waals surface area (Å²) < 4.78 is 30.5. The molecule has 0 bridgehead atoms. The molecule has 0 spiro atoms. The van der Waals surface area contributed by atoms with Crippen molar-refractivity contribution in [1.29, 1.82) is 0 Å². The molecule has 0 aliphatic heterocycles. The Morgan fingerprint density at radius 3 is 2.00 bits per heavy atom. The molecule has 0 fully saturated rings. The van der Waals surface area contributed by atoms with Crippen LogP contribution in [0.5, 0.6) is 5.75 Å². The summed E-state index contributed by atoms with van der Waals surface area (Å²) in [7, 11) is -4.02. The molecule has 0 saturated carbocycles. The molecule has 1 amide bonds. The zero-order chi connectivity index (χ0) is 20.3. The molecule has 0 atom stereocenters. The van der Waals surface area contributed by atoms with Crippen molar-refractivity contribution >= 4 is 21.7 Å². The molecule has 3 rings (SSSR count). The summed E-state index contributed by atoms with van der Waals surface area (Å²) in [6, 6.07) is 19.4. The maximum Gasteiger partial charge on any atom is 0.339 e. The zero-order valence-electron chi connectivity index (χ0n) is 15.9. The van der Waals surface area contributed by atoms with Gasteiger partial charge in [0.15, 0.2) is 0 Å². The van der Waals surface area contributed by atoms with E-state index < -0.39 is 10.1 Å². The van der Waals surface area contributed by atoms with Gasteiger partial charge in [0.1, 0.15) is 10.6 Å². The van der Waals surface area contributed by atoms with Crippen LogP contribution in [0.1, 0.15) is 18.1 Å². The first kappa shape index (κ1) is 19.6. The number of anilines is 1. The Kier molecular flexibility index (Phi) is 5.51. The monoisotopic (exact) mass is 395 g/mol. The highest BCUT2D eigenvalue weighted by atomic mass is 32.2. The minimum atomic E-state index is -4.02. The molecule has 1 N–H and O–H groups in total. The van der Waals surface area contributed by atoms with Gasteiger partial charge in [0.2, 0.25) is 5.91 Å². The van der Waals surface area contributed by atoms with Gasteiger partial charge in [-0.3, -0.25) is 4.79 Å². The third-order valence-electron chi connectivity index (χ3n) is 4.25. The first-order chi connectivity index (χ1) is 13.2. The van der Waals surface area contributed by atoms with E-state index in [9.17, 15) is 13.2 Å². The smallest absolute Gasteiger partial charge is 0.339 e. The molecule has 28 heavy (non-hydrogen) atoms. The number of benzene rings is 3. The van der Waals surface area contributed by atoms with E-state index in [2.05, 4.69) is 5.32 Å². The second kappa shape index (κ2) is 7.86. The van der Waals surface area contributed by atoms with E-state index in [0.29, 0.717) is 5.69 Å². The summed E-state index contributed by atoms with van der Waals surface area (Å²) in [5.74, 6) is -0.0530. The van der Waals surface area contributed by atoms with E-state index in [4.69, 9.17) is 4.18 Å². The Morgan fingerprint density at radius 2 is 1.43 bits per heavy atom. The predicted molar refractivity (Wildman–Crippen MR) is 110 cm³/mol. The molecule has 5 nitrogen and oxygen atoms in total. The van der Waals surface area contributed by atoms with Gasteiger partial charge in [-0.15, -0.1) is 0 Å². The summed E-state index contributed by atoms with van der Waals surface area (Å²) in [6.07, 6.45) is 0. The van der Waals surface area contributed by atoms with Crippen molar-refractivity contribution in [2.45, 2.75) is 25.7 Å². The van der Waals surface area contributed by atoms with E-state index in [1.165, 1.54) is 24.6 Å². The molecule has 0 aromatic heterocycles. The third-order valence-corrected chi connectivity index (χ3v) is 5.50. The van der Waals surface area contributed by atoms with Crippen LogP contribution < -0.4 is 9.50 Å². The number of aryl methyl sites for hydroxylation is 2. The van der Waals surface area contributed by atoms with Gasteiger partial charge in [-0.05, 0) is 54.8 Å². The van der Waals surface area contributed by atoms with E-state index in [1.54, 1.807) is 25.1 Å². The predicted octanol–water partition coefficient (Wildman–Crippen LogP) is 4.70. The summed E-state index contributed by atoms with van der Waals surface area (Å²) in [4.78, 5) is 11.3. The Balaban J connectivity index is 1.82. The van der Waals surface area contributed by atoms with Crippen LogP contribution in [0.25, 0.3) is 11.1 Å². The number of hydrogen-bond acceptors (Lipinski definition) is 4. The number of carbonyl (C=O) groups is 1. The topological polar surface area (TPSA) is 72.5 Å². The molecule has 0 aliphatic carbocycles. The van der Waals surface area contributed by atoms with Gasteiger partial charge in [-0.25, -0.2) is 0 Å². The fourth-order valence-electron chi connectivity index (χ4n) is 2.70. The zero-order valence-corrected chi connectivity index (χ0v) is 16.7. The Hall–Kier alpha value is -3.12. The lowest BCUT2D eigenvalue weighted by Crippen LogP contribution is -2.12. The lowest BCUT2D eigenvalue weighted by molar-refractivity contribution is -0.114. The van der Waals surface area contributed by atoms with Crippen molar-refractivity contribution in [3.8, 4) is 16.9 Å². The van der Waals surface area contributed by atoms with Crippen LogP contribution in [-0.2, 0) is 14.9 Å². The van der Waals surface area contributed by atoms with Crippen molar-refractivity contribution in [2.75, 3.05) is 5.32 Å². The molecular weight excluding hydrogens is 374 g/mol. The van der Waals surface area contributed by atoms with Gasteiger partial charge in [-0.1, -0.05) is 48.0 Å². The summed E-state index contributed by atoms with van der Waals surface area (Å²) in [5, 5.41) is 2.62. The molecule has 6 heteroatoms. The van der Waals surface area contributed by atoms with Gasteiger partial charge in [-0.2, -0.15) is 8.42 Å². The highest BCUT2D eigenvalue weighted by Gasteiger charge is 2.18. The van der Waals surface area contributed by atoms with Crippen molar-refractivity contribution in [3.05, 3.63) is 77.9 Å². The second-order valence-electron chi connectivity index (χ2n) is 6.59. The first-order valence-corrected chi connectivity index (χ1v) is 10.2. The van der Waals surface area contributed by atoms with E-state index >= 15 is 0 Å². The number of rotatable bonds is 5. The summed E-state index contributed by atoms with van der Waals surface area (Å²) in [5.41, 5.74) is 4.38. The Morgan fingerprint density at radius 1 is 0.857 bits per heavy atom. The normalized spacial score (nSPS) is 11.1. The molecule has 0 aliphatic rings. The first-order valence-electron chi connectivity index (χ1n) is 8.74. The molecule has 0 saturated heterocycles. The highest BCUT2D eigenvalue weighted by molar-refractivity contribution is 7.87. The van der Waals surface area contributed by atoms with Crippen LogP contribution in [0.3, 0.4) is 0 Å². The van der Waals surface area contributed by atoms with E-state index in [1.807, 2.05) is 43.3 Å². The van der Waals surface area contributed by atoms with Crippen molar-refractivity contribution in [2.24, 2.45) is 0 Å². The average molecular weight is 395 g/mol. The fraction of sp³-hybridized carbons (Fsp3) is 0.136.